The summed E-state index contributed by atoms with van der Waals surface area (Å²) < 4.78 is 5.23. The van der Waals surface area contributed by atoms with E-state index in [1.807, 2.05) is 0 Å². The van der Waals surface area contributed by atoms with Crippen LogP contribution in [0.25, 0.3) is 0 Å². The summed E-state index contributed by atoms with van der Waals surface area (Å²) >= 11 is 0. The number of rotatable bonds is 7. The standard InChI is InChI=1S/C13H16N2O4/c1-3-5-9-14-13(16)10-7-6-8-11(15(17)18)12(10)19-4-2/h3,6-8H,1,4-5,9H2,2H3,(H,14,16). The second-order valence-corrected chi connectivity index (χ2v) is 3.68. The highest BCUT2D eigenvalue weighted by molar-refractivity contribution is 5.98. The van der Waals surface area contributed by atoms with Gasteiger partial charge < -0.3 is 10.1 Å². The van der Waals surface area contributed by atoms with E-state index in [1.54, 1.807) is 13.0 Å². The monoisotopic (exact) mass is 264 g/mol. The molecule has 0 aliphatic rings. The van der Waals surface area contributed by atoms with Crippen LogP contribution in [0.3, 0.4) is 0 Å². The third-order valence-corrected chi connectivity index (χ3v) is 2.36. The van der Waals surface area contributed by atoms with Crippen LogP contribution in [0.2, 0.25) is 0 Å². The molecule has 1 rings (SSSR count). The van der Waals surface area contributed by atoms with Crippen LogP contribution in [0.1, 0.15) is 23.7 Å². The van der Waals surface area contributed by atoms with Gasteiger partial charge in [-0.1, -0.05) is 12.1 Å². The summed E-state index contributed by atoms with van der Waals surface area (Å²) in [6.07, 6.45) is 2.31. The van der Waals surface area contributed by atoms with Crippen molar-refractivity contribution in [2.45, 2.75) is 13.3 Å². The van der Waals surface area contributed by atoms with Gasteiger partial charge in [0.1, 0.15) is 0 Å². The summed E-state index contributed by atoms with van der Waals surface area (Å²) in [5.74, 6) is -0.389. The van der Waals surface area contributed by atoms with Crippen LogP contribution < -0.4 is 10.1 Å². The molecule has 1 aromatic carbocycles. The number of amides is 1. The molecule has 1 amide bonds. The average molecular weight is 264 g/mol. The Hall–Kier alpha value is -2.37. The van der Waals surface area contributed by atoms with E-state index in [9.17, 15) is 14.9 Å². The summed E-state index contributed by atoms with van der Waals surface area (Å²) in [4.78, 5) is 22.3. The quantitative estimate of drug-likeness (QED) is 0.354. The molecular weight excluding hydrogens is 248 g/mol. The maximum atomic E-state index is 11.9. The first-order valence-electron chi connectivity index (χ1n) is 5.91. The van der Waals surface area contributed by atoms with Gasteiger partial charge in [0.05, 0.1) is 17.1 Å². The highest BCUT2D eigenvalue weighted by Crippen LogP contribution is 2.30. The Labute approximate surface area is 111 Å². The molecule has 6 nitrogen and oxygen atoms in total. The number of nitro benzene ring substituents is 1. The summed E-state index contributed by atoms with van der Waals surface area (Å²) in [6, 6.07) is 4.27. The first kappa shape index (κ1) is 14.7. The third kappa shape index (κ3) is 3.80. The number of carbonyl (C=O) groups is 1. The van der Waals surface area contributed by atoms with Gasteiger partial charge in [-0.25, -0.2) is 0 Å². The zero-order valence-corrected chi connectivity index (χ0v) is 10.7. The lowest BCUT2D eigenvalue weighted by Crippen LogP contribution is -2.25. The molecule has 0 heterocycles. The van der Waals surface area contributed by atoms with Crippen molar-refractivity contribution in [3.05, 3.63) is 46.5 Å². The lowest BCUT2D eigenvalue weighted by molar-refractivity contribution is -0.385. The molecule has 0 unspecified atom stereocenters. The van der Waals surface area contributed by atoms with E-state index in [0.29, 0.717) is 13.0 Å². The van der Waals surface area contributed by atoms with E-state index >= 15 is 0 Å². The molecule has 6 heteroatoms. The molecule has 0 saturated heterocycles. The van der Waals surface area contributed by atoms with E-state index < -0.39 is 10.8 Å². The van der Waals surface area contributed by atoms with Crippen molar-refractivity contribution in [2.24, 2.45) is 0 Å². The molecule has 0 aliphatic carbocycles. The van der Waals surface area contributed by atoms with Gasteiger partial charge in [-0.05, 0) is 19.4 Å². The van der Waals surface area contributed by atoms with E-state index in [4.69, 9.17) is 4.74 Å². The second-order valence-electron chi connectivity index (χ2n) is 3.68. The number of hydrogen-bond acceptors (Lipinski definition) is 4. The molecule has 0 spiro atoms. The SMILES string of the molecule is C=CCCNC(=O)c1cccc([N+](=O)[O-])c1OCC. The third-order valence-electron chi connectivity index (χ3n) is 2.36. The van der Waals surface area contributed by atoms with Gasteiger partial charge in [-0.15, -0.1) is 6.58 Å². The van der Waals surface area contributed by atoms with Gasteiger partial charge in [-0.3, -0.25) is 14.9 Å². The molecule has 0 atom stereocenters. The Morgan fingerprint density at radius 2 is 2.32 bits per heavy atom. The highest BCUT2D eigenvalue weighted by Gasteiger charge is 2.22. The summed E-state index contributed by atoms with van der Waals surface area (Å²) in [5, 5.41) is 13.6. The normalized spacial score (nSPS) is 9.74. The highest BCUT2D eigenvalue weighted by atomic mass is 16.6. The Bertz CT molecular complexity index is 486. The summed E-state index contributed by atoms with van der Waals surface area (Å²) in [6.45, 7) is 5.93. The maximum Gasteiger partial charge on any atom is 0.311 e. The zero-order chi connectivity index (χ0) is 14.3. The summed E-state index contributed by atoms with van der Waals surface area (Å²) in [7, 11) is 0. The van der Waals surface area contributed by atoms with Crippen LogP contribution in [0.4, 0.5) is 5.69 Å². The number of benzene rings is 1. The lowest BCUT2D eigenvalue weighted by atomic mass is 10.1. The molecule has 0 saturated carbocycles. The van der Waals surface area contributed by atoms with Gasteiger partial charge in [0, 0.05) is 12.6 Å². The first-order chi connectivity index (χ1) is 9.11. The number of nitro groups is 1. The van der Waals surface area contributed by atoms with Crippen molar-refractivity contribution in [1.82, 2.24) is 5.32 Å². The maximum absolute atomic E-state index is 11.9. The van der Waals surface area contributed by atoms with Crippen molar-refractivity contribution in [3.63, 3.8) is 0 Å². The fraction of sp³-hybridized carbons (Fsp3) is 0.308. The van der Waals surface area contributed by atoms with Crippen LogP contribution in [-0.2, 0) is 0 Å². The van der Waals surface area contributed by atoms with Crippen molar-refractivity contribution in [3.8, 4) is 5.75 Å². The topological polar surface area (TPSA) is 81.5 Å². The lowest BCUT2D eigenvalue weighted by Gasteiger charge is -2.10. The molecule has 1 N–H and O–H groups in total. The summed E-state index contributed by atoms with van der Waals surface area (Å²) in [5.41, 5.74) is -0.0432. The fourth-order valence-electron chi connectivity index (χ4n) is 1.53. The van der Waals surface area contributed by atoms with Crippen LogP contribution in [0.5, 0.6) is 5.75 Å². The molecular formula is C13H16N2O4. The second kappa shape index (κ2) is 7.15. The number of para-hydroxylation sites is 1. The fourth-order valence-corrected chi connectivity index (χ4v) is 1.53. The minimum absolute atomic E-state index is 0.00565. The van der Waals surface area contributed by atoms with Crippen molar-refractivity contribution >= 4 is 11.6 Å². The molecule has 0 bridgehead atoms. The van der Waals surface area contributed by atoms with Gasteiger partial charge >= 0.3 is 5.69 Å². The van der Waals surface area contributed by atoms with E-state index in [0.717, 1.165) is 0 Å². The smallest absolute Gasteiger partial charge is 0.311 e. The first-order valence-corrected chi connectivity index (χ1v) is 5.91. The molecule has 0 fully saturated rings. The predicted molar refractivity (Wildman–Crippen MR) is 71.4 cm³/mol. The number of ether oxygens (including phenoxy) is 1. The largest absolute Gasteiger partial charge is 0.487 e. The number of nitrogens with zero attached hydrogens (tertiary/aromatic N) is 1. The van der Waals surface area contributed by atoms with Gasteiger partial charge in [0.15, 0.2) is 0 Å². The Morgan fingerprint density at radius 1 is 1.58 bits per heavy atom. The van der Waals surface area contributed by atoms with Crippen LogP contribution in [0.15, 0.2) is 30.9 Å². The van der Waals surface area contributed by atoms with Crippen LogP contribution in [-0.4, -0.2) is 24.0 Å². The number of nitrogens with one attached hydrogen (secondary N) is 1. The van der Waals surface area contributed by atoms with E-state index in [1.165, 1.54) is 18.2 Å². The Kier molecular flexibility index (Phi) is 5.53. The van der Waals surface area contributed by atoms with Gasteiger partial charge in [0.2, 0.25) is 5.75 Å². The number of carbonyl (C=O) groups excluding carboxylic acids is 1. The van der Waals surface area contributed by atoms with E-state index in [2.05, 4.69) is 11.9 Å². The zero-order valence-electron chi connectivity index (χ0n) is 10.7. The van der Waals surface area contributed by atoms with Crippen molar-refractivity contribution < 1.29 is 14.5 Å². The van der Waals surface area contributed by atoms with Gasteiger partial charge in [-0.2, -0.15) is 0 Å². The molecule has 102 valence electrons. The molecule has 0 radical (unpaired) electrons. The predicted octanol–water partition coefficient (Wildman–Crippen LogP) is 2.30. The van der Waals surface area contributed by atoms with Crippen molar-refractivity contribution in [1.29, 1.82) is 0 Å². The molecule has 19 heavy (non-hydrogen) atoms. The Morgan fingerprint density at radius 3 is 2.89 bits per heavy atom. The minimum Gasteiger partial charge on any atom is -0.487 e. The number of hydrogen-bond donors (Lipinski definition) is 1. The van der Waals surface area contributed by atoms with Crippen molar-refractivity contribution in [2.75, 3.05) is 13.2 Å². The van der Waals surface area contributed by atoms with Crippen LogP contribution >= 0.6 is 0 Å². The molecule has 1 aromatic rings. The van der Waals surface area contributed by atoms with Gasteiger partial charge in [0.25, 0.3) is 5.91 Å². The Balaban J connectivity index is 3.04. The average Bonchev–Trinajstić information content (AvgIpc) is 2.39. The molecule has 0 aliphatic heterocycles. The molecule has 0 aromatic heterocycles. The van der Waals surface area contributed by atoms with Crippen LogP contribution in [0, 0.1) is 10.1 Å². The minimum atomic E-state index is -0.564. The van der Waals surface area contributed by atoms with E-state index in [-0.39, 0.29) is 23.6 Å².